The molecule has 1 unspecified atom stereocenters. The predicted octanol–water partition coefficient (Wildman–Crippen LogP) is 4.76. The van der Waals surface area contributed by atoms with Crippen LogP contribution in [0.15, 0.2) is 59.5 Å². The quantitative estimate of drug-likeness (QED) is 0.568. The lowest BCUT2D eigenvalue weighted by Crippen LogP contribution is -2.00. The first-order valence-electron chi connectivity index (χ1n) is 6.43. The molecule has 19 heavy (non-hydrogen) atoms. The Morgan fingerprint density at radius 2 is 1.84 bits per heavy atom. The van der Waals surface area contributed by atoms with E-state index in [1.165, 1.54) is 16.0 Å². The summed E-state index contributed by atoms with van der Waals surface area (Å²) in [4.78, 5) is 1.30. The summed E-state index contributed by atoms with van der Waals surface area (Å²) in [6.45, 7) is 1.91. The molecule has 0 spiro atoms. The molecule has 2 rings (SSSR count). The zero-order valence-corrected chi connectivity index (χ0v) is 12.2. The van der Waals surface area contributed by atoms with Crippen molar-refractivity contribution >= 4 is 11.8 Å². The van der Waals surface area contributed by atoms with E-state index in [1.807, 2.05) is 6.92 Å². The molecule has 2 aromatic rings. The molecule has 0 nitrogen and oxygen atoms in total. The van der Waals surface area contributed by atoms with E-state index in [2.05, 4.69) is 72.7 Å². The Balaban J connectivity index is 2.26. The summed E-state index contributed by atoms with van der Waals surface area (Å²) >= 11 is 1.78. The highest BCUT2D eigenvalue weighted by Gasteiger charge is 2.10. The van der Waals surface area contributed by atoms with Crippen molar-refractivity contribution in [3.8, 4) is 11.8 Å². The third-order valence-electron chi connectivity index (χ3n) is 3.10. The van der Waals surface area contributed by atoms with Crippen LogP contribution in [0.1, 0.15) is 24.0 Å². The van der Waals surface area contributed by atoms with Gasteiger partial charge in [-0.15, -0.1) is 17.7 Å². The standard InChI is InChI=1S/C18H18S/c1-3-8-16(13-15-9-5-4-6-10-15)17-11-7-12-18(14-17)19-2/h4-7,9-12,14,16H,13H2,1-2H3. The molecule has 1 atom stereocenters. The van der Waals surface area contributed by atoms with Gasteiger partial charge in [-0.25, -0.2) is 0 Å². The number of hydrogen-bond acceptors (Lipinski definition) is 1. The van der Waals surface area contributed by atoms with Gasteiger partial charge in [0, 0.05) is 10.8 Å². The highest BCUT2D eigenvalue weighted by Crippen LogP contribution is 2.24. The maximum Gasteiger partial charge on any atom is 0.0492 e. The van der Waals surface area contributed by atoms with Crippen LogP contribution in [0.4, 0.5) is 0 Å². The zero-order chi connectivity index (χ0) is 13.5. The van der Waals surface area contributed by atoms with Crippen LogP contribution >= 0.6 is 11.8 Å². The summed E-state index contributed by atoms with van der Waals surface area (Å²) in [5.74, 6) is 6.68. The third kappa shape index (κ3) is 3.91. The Bertz CT molecular complexity index is 575. The minimum Gasteiger partial charge on any atom is -0.130 e. The van der Waals surface area contributed by atoms with Crippen molar-refractivity contribution in [1.82, 2.24) is 0 Å². The van der Waals surface area contributed by atoms with Crippen LogP contribution in [0.5, 0.6) is 0 Å². The van der Waals surface area contributed by atoms with Gasteiger partial charge >= 0.3 is 0 Å². The molecule has 0 aliphatic carbocycles. The molecule has 1 heteroatoms. The van der Waals surface area contributed by atoms with Gasteiger partial charge in [-0.1, -0.05) is 48.4 Å². The summed E-state index contributed by atoms with van der Waals surface area (Å²) in [6.07, 6.45) is 3.08. The van der Waals surface area contributed by atoms with Crippen LogP contribution in [0.2, 0.25) is 0 Å². The maximum absolute atomic E-state index is 3.34. The largest absolute Gasteiger partial charge is 0.130 e. The highest BCUT2D eigenvalue weighted by molar-refractivity contribution is 7.98. The van der Waals surface area contributed by atoms with E-state index < -0.39 is 0 Å². The van der Waals surface area contributed by atoms with E-state index in [9.17, 15) is 0 Å². The van der Waals surface area contributed by atoms with Crippen molar-refractivity contribution in [1.29, 1.82) is 0 Å². The number of hydrogen-bond donors (Lipinski definition) is 0. The van der Waals surface area contributed by atoms with Crippen molar-refractivity contribution in [2.75, 3.05) is 6.26 Å². The van der Waals surface area contributed by atoms with Crippen LogP contribution in [0.3, 0.4) is 0 Å². The molecule has 0 bridgehead atoms. The lowest BCUT2D eigenvalue weighted by molar-refractivity contribution is 0.858. The van der Waals surface area contributed by atoms with E-state index in [0.717, 1.165) is 6.42 Å². The number of thioether (sulfide) groups is 1. The Labute approximate surface area is 120 Å². The maximum atomic E-state index is 3.34. The number of rotatable bonds is 4. The fourth-order valence-electron chi connectivity index (χ4n) is 2.13. The smallest absolute Gasteiger partial charge is 0.0492 e. The van der Waals surface area contributed by atoms with Gasteiger partial charge in [0.15, 0.2) is 0 Å². The van der Waals surface area contributed by atoms with Crippen LogP contribution in [0, 0.1) is 11.8 Å². The second kappa shape index (κ2) is 7.07. The minimum absolute atomic E-state index is 0.277. The predicted molar refractivity (Wildman–Crippen MR) is 84.6 cm³/mol. The van der Waals surface area contributed by atoms with Crippen molar-refractivity contribution < 1.29 is 0 Å². The molecule has 0 N–H and O–H groups in total. The molecular formula is C18H18S. The average molecular weight is 266 g/mol. The highest BCUT2D eigenvalue weighted by atomic mass is 32.2. The van der Waals surface area contributed by atoms with Gasteiger partial charge in [-0.05, 0) is 42.9 Å². The molecule has 0 aliphatic rings. The van der Waals surface area contributed by atoms with Crippen LogP contribution in [0.25, 0.3) is 0 Å². The Hall–Kier alpha value is -1.65. The molecule has 0 aromatic heterocycles. The van der Waals surface area contributed by atoms with Crippen molar-refractivity contribution in [3.05, 3.63) is 65.7 Å². The van der Waals surface area contributed by atoms with Gasteiger partial charge in [0.2, 0.25) is 0 Å². The molecule has 2 aromatic carbocycles. The van der Waals surface area contributed by atoms with E-state index in [0.29, 0.717) is 0 Å². The summed E-state index contributed by atoms with van der Waals surface area (Å²) in [7, 11) is 0. The van der Waals surface area contributed by atoms with Gasteiger partial charge < -0.3 is 0 Å². The SMILES string of the molecule is CC#CC(Cc1ccccc1)c1cccc(SC)c1. The zero-order valence-electron chi connectivity index (χ0n) is 11.4. The van der Waals surface area contributed by atoms with E-state index in [-0.39, 0.29) is 5.92 Å². The van der Waals surface area contributed by atoms with E-state index in [1.54, 1.807) is 11.8 Å². The second-order valence-electron chi connectivity index (χ2n) is 4.41. The molecule has 0 heterocycles. The van der Waals surface area contributed by atoms with Gasteiger partial charge in [0.25, 0.3) is 0 Å². The molecule has 0 amide bonds. The summed E-state index contributed by atoms with van der Waals surface area (Å²) < 4.78 is 0. The monoisotopic (exact) mass is 266 g/mol. The first-order valence-corrected chi connectivity index (χ1v) is 7.66. The van der Waals surface area contributed by atoms with Gasteiger partial charge in [0.05, 0.1) is 0 Å². The second-order valence-corrected chi connectivity index (χ2v) is 5.29. The Kier molecular flexibility index (Phi) is 5.12. The van der Waals surface area contributed by atoms with E-state index in [4.69, 9.17) is 0 Å². The fourth-order valence-corrected chi connectivity index (χ4v) is 2.60. The van der Waals surface area contributed by atoms with Crippen molar-refractivity contribution in [2.45, 2.75) is 24.2 Å². The Morgan fingerprint density at radius 3 is 2.53 bits per heavy atom. The molecule has 96 valence electrons. The molecule has 0 fully saturated rings. The average Bonchev–Trinajstić information content (AvgIpc) is 2.48. The lowest BCUT2D eigenvalue weighted by Gasteiger charge is -2.12. The summed E-state index contributed by atoms with van der Waals surface area (Å²) in [5.41, 5.74) is 2.65. The van der Waals surface area contributed by atoms with Crippen LogP contribution < -0.4 is 0 Å². The lowest BCUT2D eigenvalue weighted by atomic mass is 9.92. The van der Waals surface area contributed by atoms with Gasteiger partial charge in [0.1, 0.15) is 0 Å². The van der Waals surface area contributed by atoms with E-state index >= 15 is 0 Å². The van der Waals surface area contributed by atoms with Gasteiger partial charge in [-0.3, -0.25) is 0 Å². The van der Waals surface area contributed by atoms with Crippen LogP contribution in [-0.2, 0) is 6.42 Å². The van der Waals surface area contributed by atoms with Crippen molar-refractivity contribution in [2.24, 2.45) is 0 Å². The van der Waals surface area contributed by atoms with Crippen LogP contribution in [-0.4, -0.2) is 6.26 Å². The number of benzene rings is 2. The first-order chi connectivity index (χ1) is 9.33. The molecular weight excluding hydrogens is 248 g/mol. The Morgan fingerprint density at radius 1 is 1.05 bits per heavy atom. The molecule has 0 radical (unpaired) electrons. The molecule has 0 aliphatic heterocycles. The summed E-state index contributed by atoms with van der Waals surface area (Å²) in [6, 6.07) is 19.3. The summed E-state index contributed by atoms with van der Waals surface area (Å²) in [5, 5.41) is 0. The topological polar surface area (TPSA) is 0 Å². The minimum atomic E-state index is 0.277. The molecule has 0 saturated heterocycles. The van der Waals surface area contributed by atoms with Crippen molar-refractivity contribution in [3.63, 3.8) is 0 Å². The van der Waals surface area contributed by atoms with Gasteiger partial charge in [-0.2, -0.15) is 0 Å². The third-order valence-corrected chi connectivity index (χ3v) is 3.82. The first kappa shape index (κ1) is 13.8. The molecule has 0 saturated carbocycles. The fraction of sp³-hybridized carbons (Fsp3) is 0.222. The normalized spacial score (nSPS) is 11.5.